The van der Waals surface area contributed by atoms with E-state index in [0.717, 1.165) is 6.54 Å². The molecule has 0 aromatic heterocycles. The lowest BCUT2D eigenvalue weighted by atomic mass is 10.0. The first kappa shape index (κ1) is 12.0. The van der Waals surface area contributed by atoms with Crippen LogP contribution in [0.25, 0.3) is 0 Å². The second kappa shape index (κ2) is 5.10. The van der Waals surface area contributed by atoms with Crippen molar-refractivity contribution < 1.29 is 5.11 Å². The van der Waals surface area contributed by atoms with Gasteiger partial charge < -0.3 is 10.8 Å². The van der Waals surface area contributed by atoms with E-state index in [1.54, 1.807) is 0 Å². The lowest BCUT2D eigenvalue weighted by Crippen LogP contribution is -2.53. The van der Waals surface area contributed by atoms with Crippen molar-refractivity contribution >= 4 is 0 Å². The third kappa shape index (κ3) is 2.69. The van der Waals surface area contributed by atoms with E-state index in [-0.39, 0.29) is 18.7 Å². The van der Waals surface area contributed by atoms with Crippen LogP contribution in [-0.4, -0.2) is 41.3 Å². The van der Waals surface area contributed by atoms with E-state index in [1.165, 1.54) is 12.8 Å². The maximum absolute atomic E-state index is 9.40. The predicted octanol–water partition coefficient (Wildman–Crippen LogP) is 0.815. The molecule has 3 N–H and O–H groups in total. The summed E-state index contributed by atoms with van der Waals surface area (Å²) in [5.74, 6) is 0.653. The molecule has 0 aliphatic heterocycles. The van der Waals surface area contributed by atoms with Crippen LogP contribution in [0.4, 0.5) is 0 Å². The van der Waals surface area contributed by atoms with Crippen molar-refractivity contribution in [2.45, 2.75) is 51.7 Å². The Morgan fingerprint density at radius 2 is 2.00 bits per heavy atom. The van der Waals surface area contributed by atoms with Gasteiger partial charge in [-0.15, -0.1) is 0 Å². The van der Waals surface area contributed by atoms with E-state index in [0.29, 0.717) is 12.0 Å². The van der Waals surface area contributed by atoms with Crippen LogP contribution in [0.3, 0.4) is 0 Å². The number of aliphatic hydroxyl groups excluding tert-OH is 1. The molecule has 0 heterocycles. The average Bonchev–Trinajstić information content (AvgIpc) is 2.95. The second-order valence-electron chi connectivity index (χ2n) is 4.59. The van der Waals surface area contributed by atoms with Crippen molar-refractivity contribution in [1.29, 1.82) is 0 Å². The molecule has 1 aliphatic rings. The maximum atomic E-state index is 9.40. The van der Waals surface area contributed by atoms with Crippen LogP contribution < -0.4 is 5.73 Å². The van der Waals surface area contributed by atoms with Gasteiger partial charge in [-0.25, -0.2) is 0 Å². The van der Waals surface area contributed by atoms with Crippen LogP contribution >= 0.6 is 0 Å². The van der Waals surface area contributed by atoms with Gasteiger partial charge in [0.15, 0.2) is 0 Å². The molecule has 0 radical (unpaired) electrons. The predicted molar refractivity (Wildman–Crippen MR) is 59.1 cm³/mol. The molecule has 0 bridgehead atoms. The zero-order chi connectivity index (χ0) is 10.7. The number of likely N-dealkylation sites (N-methyl/N-ethyl adjacent to an activating group) is 1. The molecule has 0 aromatic rings. The fraction of sp³-hybridized carbons (Fsp3) is 1.00. The van der Waals surface area contributed by atoms with E-state index in [4.69, 9.17) is 5.73 Å². The van der Waals surface area contributed by atoms with Gasteiger partial charge in [-0.05, 0) is 39.2 Å². The van der Waals surface area contributed by atoms with Crippen LogP contribution in [0.1, 0.15) is 33.6 Å². The van der Waals surface area contributed by atoms with E-state index in [2.05, 4.69) is 25.7 Å². The van der Waals surface area contributed by atoms with Crippen LogP contribution in [-0.2, 0) is 0 Å². The Bertz CT molecular complexity index is 169. The molecular weight excluding hydrogens is 176 g/mol. The third-order valence-corrected chi connectivity index (χ3v) is 3.25. The van der Waals surface area contributed by atoms with E-state index < -0.39 is 0 Å². The first-order chi connectivity index (χ1) is 6.61. The number of hydrogen-bond donors (Lipinski definition) is 2. The van der Waals surface area contributed by atoms with E-state index in [9.17, 15) is 5.11 Å². The number of hydrogen-bond acceptors (Lipinski definition) is 3. The molecule has 1 saturated carbocycles. The summed E-state index contributed by atoms with van der Waals surface area (Å²) in [6, 6.07) is 0.761. The van der Waals surface area contributed by atoms with Gasteiger partial charge in [0.05, 0.1) is 6.61 Å². The van der Waals surface area contributed by atoms with Crippen LogP contribution in [0.15, 0.2) is 0 Å². The highest BCUT2D eigenvalue weighted by atomic mass is 16.3. The molecule has 0 spiro atoms. The molecule has 0 amide bonds. The summed E-state index contributed by atoms with van der Waals surface area (Å²) in [6.07, 6.45) is 2.49. The zero-order valence-corrected chi connectivity index (χ0v) is 9.61. The first-order valence-electron chi connectivity index (χ1n) is 5.74. The molecular formula is C11H24N2O. The van der Waals surface area contributed by atoms with Gasteiger partial charge >= 0.3 is 0 Å². The summed E-state index contributed by atoms with van der Waals surface area (Å²) in [5, 5.41) is 9.40. The molecule has 1 aliphatic carbocycles. The van der Waals surface area contributed by atoms with Gasteiger partial charge in [0.25, 0.3) is 0 Å². The maximum Gasteiger partial charge on any atom is 0.0602 e. The van der Waals surface area contributed by atoms with Crippen molar-refractivity contribution in [1.82, 2.24) is 4.90 Å². The second-order valence-corrected chi connectivity index (χ2v) is 4.59. The van der Waals surface area contributed by atoms with Gasteiger partial charge in [-0.2, -0.15) is 0 Å². The Morgan fingerprint density at radius 1 is 1.43 bits per heavy atom. The average molecular weight is 200 g/mol. The summed E-state index contributed by atoms with van der Waals surface area (Å²) >= 11 is 0. The van der Waals surface area contributed by atoms with Crippen molar-refractivity contribution in [3.63, 3.8) is 0 Å². The van der Waals surface area contributed by atoms with Crippen molar-refractivity contribution in [3.05, 3.63) is 0 Å². The Morgan fingerprint density at radius 3 is 2.29 bits per heavy atom. The first-order valence-corrected chi connectivity index (χ1v) is 5.74. The summed E-state index contributed by atoms with van der Waals surface area (Å²) in [7, 11) is 0. The lowest BCUT2D eigenvalue weighted by molar-refractivity contribution is 0.0782. The van der Waals surface area contributed by atoms with E-state index in [1.807, 2.05) is 0 Å². The van der Waals surface area contributed by atoms with Crippen molar-refractivity contribution in [2.24, 2.45) is 11.7 Å². The fourth-order valence-corrected chi connectivity index (χ4v) is 2.23. The highest BCUT2D eigenvalue weighted by Crippen LogP contribution is 2.34. The van der Waals surface area contributed by atoms with Gasteiger partial charge in [0.1, 0.15) is 0 Å². The normalized spacial score (nSPS) is 21.6. The molecule has 0 aromatic carbocycles. The Hall–Kier alpha value is -0.120. The van der Waals surface area contributed by atoms with E-state index >= 15 is 0 Å². The minimum Gasteiger partial charge on any atom is -0.395 e. The van der Waals surface area contributed by atoms with Gasteiger partial charge in [0.2, 0.25) is 0 Å². The van der Waals surface area contributed by atoms with Crippen molar-refractivity contribution in [3.8, 4) is 0 Å². The monoisotopic (exact) mass is 200 g/mol. The smallest absolute Gasteiger partial charge is 0.0602 e. The highest BCUT2D eigenvalue weighted by molar-refractivity contribution is 4.93. The number of nitrogens with zero attached hydrogens (tertiary/aromatic N) is 1. The minimum absolute atomic E-state index is 0.146. The summed E-state index contributed by atoms with van der Waals surface area (Å²) < 4.78 is 0. The van der Waals surface area contributed by atoms with Crippen LogP contribution in [0.2, 0.25) is 0 Å². The largest absolute Gasteiger partial charge is 0.395 e. The lowest BCUT2D eigenvalue weighted by Gasteiger charge is -2.36. The Labute approximate surface area is 87.3 Å². The highest BCUT2D eigenvalue weighted by Gasteiger charge is 2.36. The molecule has 2 unspecified atom stereocenters. The quantitative estimate of drug-likeness (QED) is 0.667. The standard InChI is InChI=1S/C11H24N2O/c1-4-13(8(2)3)10(7-14)11(12)9-5-6-9/h8-11,14H,4-7,12H2,1-3H3. The van der Waals surface area contributed by atoms with Gasteiger partial charge in [-0.3, -0.25) is 4.90 Å². The van der Waals surface area contributed by atoms with Crippen molar-refractivity contribution in [2.75, 3.05) is 13.2 Å². The molecule has 1 fully saturated rings. The van der Waals surface area contributed by atoms with Gasteiger partial charge in [0, 0.05) is 18.1 Å². The zero-order valence-electron chi connectivity index (χ0n) is 9.61. The fourth-order valence-electron chi connectivity index (χ4n) is 2.23. The summed E-state index contributed by atoms with van der Waals surface area (Å²) in [6.45, 7) is 7.59. The number of rotatable bonds is 6. The third-order valence-electron chi connectivity index (χ3n) is 3.25. The molecule has 3 nitrogen and oxygen atoms in total. The minimum atomic E-state index is 0.146. The van der Waals surface area contributed by atoms with Crippen LogP contribution in [0.5, 0.6) is 0 Å². The molecule has 14 heavy (non-hydrogen) atoms. The van der Waals surface area contributed by atoms with Gasteiger partial charge in [-0.1, -0.05) is 6.92 Å². The Kier molecular flexibility index (Phi) is 4.35. The molecule has 2 atom stereocenters. The number of aliphatic hydroxyl groups is 1. The summed E-state index contributed by atoms with van der Waals surface area (Å²) in [4.78, 5) is 2.29. The summed E-state index contributed by atoms with van der Waals surface area (Å²) in [5.41, 5.74) is 6.15. The molecule has 1 rings (SSSR count). The molecule has 3 heteroatoms. The molecule has 0 saturated heterocycles. The molecule has 84 valence electrons. The van der Waals surface area contributed by atoms with Crippen LogP contribution in [0, 0.1) is 5.92 Å². The SMILES string of the molecule is CCN(C(C)C)C(CO)C(N)C1CC1. The number of nitrogens with two attached hydrogens (primary N) is 1. The Balaban J connectivity index is 2.56. The topological polar surface area (TPSA) is 49.5 Å².